The van der Waals surface area contributed by atoms with E-state index in [9.17, 15) is 67.1 Å². The van der Waals surface area contributed by atoms with Gasteiger partial charge in [0.2, 0.25) is 0 Å². The van der Waals surface area contributed by atoms with Crippen molar-refractivity contribution < 1.29 is 109 Å². The number of hydrogen-bond acceptors (Lipinski definition) is 28. The summed E-state index contributed by atoms with van der Waals surface area (Å²) in [7, 11) is 3.45. The zero-order valence-corrected chi connectivity index (χ0v) is 76.8. The molecule has 6 aromatic rings. The number of fused-ring (bicyclic) bond motifs is 2. The average Bonchev–Trinajstić information content (AvgIpc) is 1.53. The van der Waals surface area contributed by atoms with Crippen LogP contribution in [0.2, 0.25) is 0 Å². The Morgan fingerprint density at radius 2 is 0.752 bits per heavy atom. The van der Waals surface area contributed by atoms with Gasteiger partial charge < -0.3 is 99.3 Å². The van der Waals surface area contributed by atoms with Crippen molar-refractivity contribution in [1.29, 1.82) is 0 Å². The number of nitrogens with zero attached hydrogens (tertiary/aromatic N) is 8. The molecular formula is C92H129N20O16Y-. The molecule has 0 unspecified atom stereocenters. The molecule has 6 heterocycles. The molecule has 697 valence electrons. The Kier molecular flexibility index (Phi) is 44.0. The molecule has 0 aliphatic carbocycles. The van der Waals surface area contributed by atoms with E-state index < -0.39 is 139 Å². The standard InChI is InChI=1S/C46H64N10O8.C45H61N10O8.CH4.Y/c1-30(2)22-35(27-58)50-40(31(3)61)54-20-21-56(42(45(54)63)49-34(26-57)14-10-11-17-47)46(64)43(52-37(29-60)24-33-25-48-39-16-9-8-15-38(33)39)55-19-18-53(4)41(44(55)62)51-36(28-59)23-32-12-6-5-7-13-32;1-30(2)21-34(26-57)48-39(29-60)53-19-20-55(41(44(53)62)49-33(25-56)13-9-10-16-46)45(63)42(51-36(28-59)23-32-24-47-38-15-8-7-14-37(32)38)54-18-17-52(3)40(43(54)61)50-35(27-58)22-31-11-5-4-6-12-31;;/h5-9,12-13,15-16,25-30,34-37,40-43,48-52H,10-11,14,17-24,47H2,1-4H3;4-8,11-12,14-15,24-28,30,33-36,39-42,47-51H,9-10,13,16-23,46H2,1-3H3;1H4;/q;-1;;/t34-,35-,36-,37-,40+,41+,42+,43+;33-,34-,35-,36-,39+,40+,41+,42+;;/m00../s1. The van der Waals surface area contributed by atoms with Crippen LogP contribution in [0.25, 0.3) is 21.8 Å². The Hall–Kier alpha value is -9.90. The Bertz CT molecular complexity index is 4660. The Labute approximate surface area is 779 Å². The average molecular weight is 1860 g/mol. The van der Waals surface area contributed by atoms with Gasteiger partial charge in [-0.1, -0.05) is 145 Å². The number of piperazine rings is 4. The largest absolute Gasteiger partial charge is 0.539 e. The number of nitrogens with two attached hydrogens (primary N) is 2. The fourth-order valence-corrected chi connectivity index (χ4v) is 16.7. The van der Waals surface area contributed by atoms with Crippen LogP contribution >= 0.6 is 0 Å². The number of amides is 6. The van der Waals surface area contributed by atoms with E-state index in [0.717, 1.165) is 56.6 Å². The van der Waals surface area contributed by atoms with Crippen molar-refractivity contribution in [3.8, 4) is 0 Å². The van der Waals surface area contributed by atoms with E-state index in [-0.39, 0.29) is 130 Å². The van der Waals surface area contributed by atoms with Crippen LogP contribution in [0.4, 0.5) is 0 Å². The molecule has 16 atom stereocenters. The van der Waals surface area contributed by atoms with Gasteiger partial charge in [0.15, 0.2) is 30.4 Å². The zero-order valence-electron chi connectivity index (χ0n) is 74.0. The summed E-state index contributed by atoms with van der Waals surface area (Å²) in [5, 5.41) is 26.4. The number of para-hydroxylation sites is 2. The molecule has 1 radical (unpaired) electrons. The maximum absolute atomic E-state index is 15.4. The number of aromatic amines is 2. The quantitative estimate of drug-likeness (QED) is 0.0139. The van der Waals surface area contributed by atoms with Gasteiger partial charge >= 0.3 is 0 Å². The summed E-state index contributed by atoms with van der Waals surface area (Å²) < 4.78 is 0. The van der Waals surface area contributed by atoms with Crippen molar-refractivity contribution in [1.82, 2.24) is 91.7 Å². The molecule has 14 N–H and O–H groups in total. The maximum Gasteiger partial charge on any atom is 0.262 e. The summed E-state index contributed by atoms with van der Waals surface area (Å²) in [6.45, 7) is 9.66. The number of ketones is 1. The molecule has 36 nitrogen and oxygen atoms in total. The van der Waals surface area contributed by atoms with Crippen LogP contribution in [0.15, 0.2) is 122 Å². The molecule has 4 aromatic carbocycles. The van der Waals surface area contributed by atoms with Crippen LogP contribution in [0, 0.1) is 11.8 Å². The second-order valence-corrected chi connectivity index (χ2v) is 33.7. The summed E-state index contributed by atoms with van der Waals surface area (Å²) in [6.07, 6.45) is 4.52. The number of aldehydes is 8. The second-order valence-electron chi connectivity index (χ2n) is 33.7. The fourth-order valence-electron chi connectivity index (χ4n) is 16.7. The first kappa shape index (κ1) is 106. The minimum absolute atomic E-state index is 0. The number of nitrogens with one attached hydrogen (secondary N) is 10. The fraction of sp³-hybridized carbons (Fsp3) is 0.522. The van der Waals surface area contributed by atoms with Gasteiger partial charge in [-0.05, 0) is 151 Å². The number of hydrogen-bond donors (Lipinski definition) is 12. The van der Waals surface area contributed by atoms with E-state index in [2.05, 4.69) is 52.5 Å². The third-order valence-electron chi connectivity index (χ3n) is 23.4. The van der Waals surface area contributed by atoms with E-state index in [1.54, 1.807) is 36.3 Å². The number of aromatic nitrogens is 2. The third-order valence-corrected chi connectivity index (χ3v) is 23.4. The Morgan fingerprint density at radius 1 is 0.419 bits per heavy atom. The van der Waals surface area contributed by atoms with Crippen LogP contribution in [0.5, 0.6) is 0 Å². The van der Waals surface area contributed by atoms with Gasteiger partial charge in [-0.3, -0.25) is 80.6 Å². The number of benzene rings is 4. The normalized spacial score (nSPS) is 19.9. The molecule has 0 spiro atoms. The minimum atomic E-state index is -1.52. The molecule has 0 saturated carbocycles. The van der Waals surface area contributed by atoms with Crippen LogP contribution in [0.1, 0.15) is 116 Å². The number of carbonyl (C=O) groups is 15. The molecule has 4 aliphatic rings. The smallest absolute Gasteiger partial charge is 0.262 e. The number of rotatable bonds is 52. The maximum atomic E-state index is 15.4. The van der Waals surface area contributed by atoms with Crippen molar-refractivity contribution in [2.75, 3.05) is 79.5 Å². The molecule has 2 aromatic heterocycles. The molecule has 4 fully saturated rings. The van der Waals surface area contributed by atoms with Crippen molar-refractivity contribution in [3.63, 3.8) is 0 Å². The summed E-state index contributed by atoms with van der Waals surface area (Å²) in [4.78, 5) is 233. The zero-order chi connectivity index (χ0) is 91.8. The first-order valence-electron chi connectivity index (χ1n) is 43.7. The Balaban J connectivity index is 0.000000348. The van der Waals surface area contributed by atoms with Gasteiger partial charge in [0.05, 0.1) is 48.3 Å². The van der Waals surface area contributed by atoms with E-state index in [4.69, 9.17) is 11.5 Å². The van der Waals surface area contributed by atoms with Crippen molar-refractivity contribution >= 4 is 120 Å². The molecule has 37 heteroatoms. The van der Waals surface area contributed by atoms with Gasteiger partial charge in [0.25, 0.3) is 35.4 Å². The molecule has 0 bridgehead atoms. The number of likely N-dealkylation sites (N-methyl/N-ethyl adjacent to an activating group) is 2. The van der Waals surface area contributed by atoms with Crippen molar-refractivity contribution in [3.05, 3.63) is 144 Å². The summed E-state index contributed by atoms with van der Waals surface area (Å²) in [6, 6.07) is 26.8. The first-order chi connectivity index (χ1) is 61.3. The molecule has 4 aliphatic heterocycles. The van der Waals surface area contributed by atoms with Crippen molar-refractivity contribution in [2.24, 2.45) is 23.3 Å². The van der Waals surface area contributed by atoms with Gasteiger partial charge in [-0.25, -0.2) is 6.29 Å². The minimum Gasteiger partial charge on any atom is -0.539 e. The number of H-pyrrole nitrogens is 2. The number of Topliss-reactive ketones (excluding diaryl/α,β-unsaturated/α-hetero) is 1. The van der Waals surface area contributed by atoms with Crippen LogP contribution < -0.4 is 54.0 Å². The Morgan fingerprint density at radius 3 is 1.12 bits per heavy atom. The first-order valence-corrected chi connectivity index (χ1v) is 43.7. The van der Waals surface area contributed by atoms with Gasteiger partial charge in [-0.15, -0.1) is 0 Å². The topological polar surface area (TPSA) is 479 Å². The predicted octanol–water partition coefficient (Wildman–Crippen LogP) is 0.344. The molecular weight excluding hydrogens is 1730 g/mol. The summed E-state index contributed by atoms with van der Waals surface area (Å²) in [5.41, 5.74) is 16.5. The van der Waals surface area contributed by atoms with Gasteiger partial charge in [-0.2, -0.15) is 0 Å². The van der Waals surface area contributed by atoms with Crippen LogP contribution in [0.3, 0.4) is 0 Å². The third kappa shape index (κ3) is 29.0. The number of carbonyl (C=O) groups excluding carboxylic acids is 16. The monoisotopic (exact) mass is 1860 g/mol. The second kappa shape index (κ2) is 53.4. The van der Waals surface area contributed by atoms with E-state index in [1.807, 2.05) is 143 Å². The molecule has 10 rings (SSSR count). The van der Waals surface area contributed by atoms with E-state index >= 15 is 9.59 Å². The number of unbranched alkanes of at least 4 members (excludes halogenated alkanes) is 2. The van der Waals surface area contributed by atoms with E-state index in [0.29, 0.717) is 102 Å². The SMILES string of the molecule is C.CC(=O)[C@H](N[C@H](C=O)CC(C)C)N1CCN(C(=O)[C@H](N[C@H](C=O)Cc2c[nH]c3ccccc23)N2CCN(C)[C@@H](N[C@H](C=O)Cc3ccccc3)C2=O)[C@@H](N[C@H](C=O)CCCCN)C1=O.CC(C)C[C@@H](C=O)N[C@@H]([C-]=O)N1CCN(C(=O)[C@H](N[C@H](C=O)Cc2c[nH]c3ccccc23)N2CCN(C)[C@@H](N[C@H](C=O)Cc3ccccc3)C2=O)[C@@H](N[C@H](C=O)CCCCN)C1=O.[Y]. The van der Waals surface area contributed by atoms with Crippen molar-refractivity contribution in [2.45, 2.75) is 217 Å². The summed E-state index contributed by atoms with van der Waals surface area (Å²) >= 11 is 0. The van der Waals surface area contributed by atoms with Crippen LogP contribution in [-0.4, -0.2) is 324 Å². The summed E-state index contributed by atoms with van der Waals surface area (Å²) in [5.74, 6) is -4.34. The van der Waals surface area contributed by atoms with Gasteiger partial charge in [0.1, 0.15) is 68.8 Å². The molecule has 6 amide bonds. The molecule has 4 saturated heterocycles. The molecule has 129 heavy (non-hydrogen) atoms. The van der Waals surface area contributed by atoms with Crippen LogP contribution in [-0.2, 0) is 135 Å². The van der Waals surface area contributed by atoms with Gasteiger partial charge in [0, 0.05) is 119 Å². The predicted molar refractivity (Wildman–Crippen MR) is 482 cm³/mol. The van der Waals surface area contributed by atoms with E-state index in [1.165, 1.54) is 36.3 Å².